The molecule has 0 radical (unpaired) electrons. The highest BCUT2D eigenvalue weighted by molar-refractivity contribution is 5.89. The molecule has 1 aromatic heterocycles. The van der Waals surface area contributed by atoms with E-state index in [0.717, 1.165) is 0 Å². The van der Waals surface area contributed by atoms with Crippen LogP contribution in [0, 0.1) is 0 Å². The van der Waals surface area contributed by atoms with Crippen LogP contribution in [0.3, 0.4) is 0 Å². The van der Waals surface area contributed by atoms with Crippen molar-refractivity contribution in [3.8, 4) is 0 Å². The number of hydrogen-bond acceptors (Lipinski definition) is 6. The van der Waals surface area contributed by atoms with E-state index in [1.54, 1.807) is 13.8 Å². The van der Waals surface area contributed by atoms with Crippen molar-refractivity contribution in [3.63, 3.8) is 0 Å². The lowest BCUT2D eigenvalue weighted by Crippen LogP contribution is -2.16. The van der Waals surface area contributed by atoms with Crippen LogP contribution in [0.1, 0.15) is 24.2 Å². The van der Waals surface area contributed by atoms with Gasteiger partial charge in [-0.25, -0.2) is 9.59 Å². The fraction of sp³-hybridized carbons (Fsp3) is 0.364. The molecule has 0 atom stereocenters. The van der Waals surface area contributed by atoms with Crippen LogP contribution in [-0.4, -0.2) is 30.0 Å². The maximum atomic E-state index is 11.4. The van der Waals surface area contributed by atoms with Crippen molar-refractivity contribution in [1.82, 2.24) is 4.98 Å². The average molecular weight is 239 g/mol. The first kappa shape index (κ1) is 13.0. The first-order valence-corrected chi connectivity index (χ1v) is 5.00. The number of carbonyl (C=O) groups excluding carboxylic acids is 2. The Kier molecular flexibility index (Phi) is 4.93. The highest BCUT2D eigenvalue weighted by Gasteiger charge is 2.09. The third kappa shape index (κ3) is 4.96. The maximum absolute atomic E-state index is 11.4. The molecule has 0 unspecified atom stereocenters. The lowest BCUT2D eigenvalue weighted by molar-refractivity contribution is -0.0344. The second-order valence-corrected chi connectivity index (χ2v) is 3.35. The highest BCUT2D eigenvalue weighted by Crippen LogP contribution is 2.00. The van der Waals surface area contributed by atoms with Gasteiger partial charge >= 0.3 is 12.1 Å². The minimum absolute atomic E-state index is 0.279. The van der Waals surface area contributed by atoms with E-state index in [4.69, 9.17) is 4.74 Å². The predicted octanol–water partition coefficient (Wildman–Crippen LogP) is 1.76. The fourth-order valence-electron chi connectivity index (χ4n) is 0.929. The molecule has 0 aliphatic rings. The van der Waals surface area contributed by atoms with Gasteiger partial charge < -0.3 is 14.2 Å². The summed E-state index contributed by atoms with van der Waals surface area (Å²) in [5, 5.41) is 0. The van der Waals surface area contributed by atoms with E-state index in [0.29, 0.717) is 5.56 Å². The first-order chi connectivity index (χ1) is 8.09. The van der Waals surface area contributed by atoms with Gasteiger partial charge in [-0.05, 0) is 26.0 Å². The normalized spacial score (nSPS) is 9.82. The molecule has 0 bridgehead atoms. The molecule has 1 heterocycles. The van der Waals surface area contributed by atoms with Gasteiger partial charge in [0.1, 0.15) is 0 Å². The van der Waals surface area contributed by atoms with Crippen LogP contribution in [0.15, 0.2) is 24.5 Å². The standard InChI is InChI=1S/C11H13NO5/c1-8(2)17-11(14)16-7-15-10(13)9-3-5-12-6-4-9/h3-6,8H,7H2,1-2H3. The van der Waals surface area contributed by atoms with Gasteiger partial charge in [-0.15, -0.1) is 0 Å². The van der Waals surface area contributed by atoms with E-state index < -0.39 is 18.9 Å². The van der Waals surface area contributed by atoms with Crippen LogP contribution in [0.2, 0.25) is 0 Å². The van der Waals surface area contributed by atoms with Crippen molar-refractivity contribution in [2.75, 3.05) is 6.79 Å². The largest absolute Gasteiger partial charge is 0.511 e. The summed E-state index contributed by atoms with van der Waals surface area (Å²) < 4.78 is 13.9. The van der Waals surface area contributed by atoms with Crippen molar-refractivity contribution >= 4 is 12.1 Å². The summed E-state index contributed by atoms with van der Waals surface area (Å²) in [5.74, 6) is -0.593. The number of hydrogen-bond donors (Lipinski definition) is 0. The molecule has 0 aliphatic carbocycles. The van der Waals surface area contributed by atoms with Gasteiger partial charge in [0.05, 0.1) is 11.7 Å². The molecule has 6 nitrogen and oxygen atoms in total. The smallest absolute Gasteiger partial charge is 0.431 e. The average Bonchev–Trinajstić information content (AvgIpc) is 2.29. The van der Waals surface area contributed by atoms with Gasteiger partial charge in [0.2, 0.25) is 6.79 Å². The second-order valence-electron chi connectivity index (χ2n) is 3.35. The molecule has 0 fully saturated rings. The number of rotatable bonds is 4. The third-order valence-electron chi connectivity index (χ3n) is 1.61. The van der Waals surface area contributed by atoms with E-state index in [1.807, 2.05) is 0 Å². The summed E-state index contributed by atoms with van der Waals surface area (Å²) in [7, 11) is 0. The summed E-state index contributed by atoms with van der Waals surface area (Å²) in [6, 6.07) is 2.99. The Morgan fingerprint density at radius 3 is 2.47 bits per heavy atom. The number of aromatic nitrogens is 1. The Bertz CT molecular complexity index is 377. The van der Waals surface area contributed by atoms with E-state index in [-0.39, 0.29) is 6.10 Å². The molecule has 0 N–H and O–H groups in total. The van der Waals surface area contributed by atoms with E-state index >= 15 is 0 Å². The third-order valence-corrected chi connectivity index (χ3v) is 1.61. The molecule has 92 valence electrons. The van der Waals surface area contributed by atoms with Crippen molar-refractivity contribution in [1.29, 1.82) is 0 Å². The van der Waals surface area contributed by atoms with Gasteiger partial charge in [-0.3, -0.25) is 4.98 Å². The molecular weight excluding hydrogens is 226 g/mol. The Morgan fingerprint density at radius 1 is 1.24 bits per heavy atom. The summed E-state index contributed by atoms with van der Waals surface area (Å²) in [6.45, 7) is 2.89. The van der Waals surface area contributed by atoms with Crippen molar-refractivity contribution < 1.29 is 23.8 Å². The summed E-state index contributed by atoms with van der Waals surface area (Å²) in [5.41, 5.74) is 0.334. The van der Waals surface area contributed by atoms with Crippen LogP contribution in [0.25, 0.3) is 0 Å². The number of esters is 1. The van der Waals surface area contributed by atoms with Crippen LogP contribution in [0.5, 0.6) is 0 Å². The number of pyridine rings is 1. The molecular formula is C11H13NO5. The van der Waals surface area contributed by atoms with Gasteiger partial charge in [-0.1, -0.05) is 0 Å². The van der Waals surface area contributed by atoms with Crippen LogP contribution >= 0.6 is 0 Å². The number of nitrogens with zero attached hydrogens (tertiary/aromatic N) is 1. The SMILES string of the molecule is CC(C)OC(=O)OCOC(=O)c1ccncc1. The topological polar surface area (TPSA) is 74.7 Å². The van der Waals surface area contributed by atoms with Crippen LogP contribution < -0.4 is 0 Å². The molecule has 0 saturated heterocycles. The number of ether oxygens (including phenoxy) is 3. The van der Waals surface area contributed by atoms with E-state index in [1.165, 1.54) is 24.5 Å². The maximum Gasteiger partial charge on any atom is 0.511 e. The quantitative estimate of drug-likeness (QED) is 0.588. The van der Waals surface area contributed by atoms with Crippen molar-refractivity contribution in [3.05, 3.63) is 30.1 Å². The summed E-state index contributed by atoms with van der Waals surface area (Å²) in [6.07, 6.45) is 1.77. The van der Waals surface area contributed by atoms with Crippen molar-refractivity contribution in [2.24, 2.45) is 0 Å². The molecule has 17 heavy (non-hydrogen) atoms. The molecule has 0 aliphatic heterocycles. The minimum Gasteiger partial charge on any atom is -0.431 e. The van der Waals surface area contributed by atoms with Gasteiger partial charge in [0, 0.05) is 12.4 Å². The van der Waals surface area contributed by atoms with E-state index in [9.17, 15) is 9.59 Å². The Morgan fingerprint density at radius 2 is 1.88 bits per heavy atom. The molecule has 6 heteroatoms. The summed E-state index contributed by atoms with van der Waals surface area (Å²) in [4.78, 5) is 26.0. The van der Waals surface area contributed by atoms with Crippen molar-refractivity contribution in [2.45, 2.75) is 20.0 Å². The minimum atomic E-state index is -0.873. The molecule has 0 saturated carbocycles. The molecule has 0 spiro atoms. The monoisotopic (exact) mass is 239 g/mol. The first-order valence-electron chi connectivity index (χ1n) is 5.00. The second kappa shape index (κ2) is 6.47. The zero-order chi connectivity index (χ0) is 12.7. The Hall–Kier alpha value is -2.11. The van der Waals surface area contributed by atoms with Crippen LogP contribution in [-0.2, 0) is 14.2 Å². The lowest BCUT2D eigenvalue weighted by Gasteiger charge is -2.08. The van der Waals surface area contributed by atoms with Gasteiger partial charge in [0.25, 0.3) is 0 Å². The zero-order valence-corrected chi connectivity index (χ0v) is 9.58. The molecule has 0 aromatic carbocycles. The van der Waals surface area contributed by atoms with Gasteiger partial charge in [-0.2, -0.15) is 0 Å². The number of carbonyl (C=O) groups is 2. The van der Waals surface area contributed by atoms with E-state index in [2.05, 4.69) is 14.5 Å². The molecule has 0 amide bonds. The van der Waals surface area contributed by atoms with Gasteiger partial charge in [0.15, 0.2) is 0 Å². The summed E-state index contributed by atoms with van der Waals surface area (Å²) >= 11 is 0. The fourth-order valence-corrected chi connectivity index (χ4v) is 0.929. The predicted molar refractivity (Wildman–Crippen MR) is 57.2 cm³/mol. The Labute approximate surface area is 98.5 Å². The van der Waals surface area contributed by atoms with Crippen LogP contribution in [0.4, 0.5) is 4.79 Å². The molecule has 1 aromatic rings. The zero-order valence-electron chi connectivity index (χ0n) is 9.58. The highest BCUT2D eigenvalue weighted by atomic mass is 16.8. The molecule has 1 rings (SSSR count). The Balaban J connectivity index is 2.28. The lowest BCUT2D eigenvalue weighted by atomic mass is 10.3.